The minimum absolute atomic E-state index is 0.0105. The molecule has 0 radical (unpaired) electrons. The Kier molecular flexibility index (Phi) is 4.54. The van der Waals surface area contributed by atoms with Crippen molar-refractivity contribution in [2.24, 2.45) is 5.73 Å². The molecule has 2 heteroatoms. The van der Waals surface area contributed by atoms with Crippen LogP contribution in [0.2, 0.25) is 0 Å². The summed E-state index contributed by atoms with van der Waals surface area (Å²) in [6.07, 6.45) is 11.9. The third-order valence-corrected chi connectivity index (χ3v) is 3.78. The van der Waals surface area contributed by atoms with E-state index in [1.807, 2.05) is 6.20 Å². The summed E-state index contributed by atoms with van der Waals surface area (Å²) in [5.41, 5.74) is 11.3. The molecule has 2 rings (SSSR count). The molecule has 1 aliphatic rings. The molecule has 1 atom stereocenters. The van der Waals surface area contributed by atoms with Crippen molar-refractivity contribution in [1.29, 1.82) is 0 Å². The van der Waals surface area contributed by atoms with Gasteiger partial charge in [-0.15, -0.1) is 0 Å². The van der Waals surface area contributed by atoms with Crippen molar-refractivity contribution in [3.05, 3.63) is 40.7 Å². The quantitative estimate of drug-likeness (QED) is 0.799. The van der Waals surface area contributed by atoms with E-state index in [-0.39, 0.29) is 6.04 Å². The van der Waals surface area contributed by atoms with Gasteiger partial charge in [0.05, 0.1) is 11.7 Å². The molecular weight excluding hydrogens is 220 g/mol. The van der Waals surface area contributed by atoms with Crippen LogP contribution in [0.3, 0.4) is 0 Å². The van der Waals surface area contributed by atoms with Gasteiger partial charge in [-0.05, 0) is 50.7 Å². The van der Waals surface area contributed by atoms with Gasteiger partial charge in [0, 0.05) is 6.20 Å². The molecule has 1 aromatic rings. The first-order valence-corrected chi connectivity index (χ1v) is 7.06. The Morgan fingerprint density at radius 3 is 2.72 bits per heavy atom. The predicted molar refractivity (Wildman–Crippen MR) is 76.4 cm³/mol. The summed E-state index contributed by atoms with van der Waals surface area (Å²) in [6, 6.07) is 2.16. The third kappa shape index (κ3) is 3.20. The van der Waals surface area contributed by atoms with Crippen LogP contribution in [-0.4, -0.2) is 4.98 Å². The lowest BCUT2D eigenvalue weighted by Gasteiger charge is -2.19. The zero-order valence-electron chi connectivity index (χ0n) is 11.6. The number of allylic oxidation sites excluding steroid dienone is 1. The zero-order chi connectivity index (χ0) is 13.0. The number of aromatic nitrogens is 1. The minimum Gasteiger partial charge on any atom is -0.319 e. The van der Waals surface area contributed by atoms with Gasteiger partial charge in [-0.25, -0.2) is 0 Å². The largest absolute Gasteiger partial charge is 0.319 e. The summed E-state index contributed by atoms with van der Waals surface area (Å²) < 4.78 is 0. The second kappa shape index (κ2) is 6.14. The van der Waals surface area contributed by atoms with Gasteiger partial charge in [0.25, 0.3) is 0 Å². The summed E-state index contributed by atoms with van der Waals surface area (Å²) in [6.45, 7) is 4.18. The summed E-state index contributed by atoms with van der Waals surface area (Å²) in [5, 5.41) is 0. The molecule has 0 aliphatic heterocycles. The van der Waals surface area contributed by atoms with Crippen LogP contribution in [0.1, 0.15) is 61.4 Å². The van der Waals surface area contributed by atoms with Crippen LogP contribution in [-0.2, 0) is 0 Å². The van der Waals surface area contributed by atoms with Crippen LogP contribution < -0.4 is 5.73 Å². The lowest BCUT2D eigenvalue weighted by Crippen LogP contribution is -2.17. The monoisotopic (exact) mass is 244 g/mol. The Bertz CT molecular complexity index is 435. The van der Waals surface area contributed by atoms with E-state index in [9.17, 15) is 0 Å². The van der Waals surface area contributed by atoms with E-state index in [1.54, 1.807) is 0 Å². The zero-order valence-corrected chi connectivity index (χ0v) is 11.6. The van der Waals surface area contributed by atoms with E-state index in [0.29, 0.717) is 0 Å². The van der Waals surface area contributed by atoms with Crippen molar-refractivity contribution >= 4 is 0 Å². The van der Waals surface area contributed by atoms with Crippen molar-refractivity contribution in [3.8, 4) is 0 Å². The highest BCUT2D eigenvalue weighted by Gasteiger charge is 2.16. The van der Waals surface area contributed by atoms with Crippen molar-refractivity contribution in [2.45, 2.75) is 58.4 Å². The smallest absolute Gasteiger partial charge is 0.0688 e. The fourth-order valence-electron chi connectivity index (χ4n) is 2.73. The molecule has 0 spiro atoms. The lowest BCUT2D eigenvalue weighted by molar-refractivity contribution is 0.598. The first-order valence-electron chi connectivity index (χ1n) is 7.06. The van der Waals surface area contributed by atoms with E-state index in [4.69, 9.17) is 5.73 Å². The molecule has 1 aromatic heterocycles. The van der Waals surface area contributed by atoms with Crippen LogP contribution >= 0.6 is 0 Å². The number of rotatable bonds is 2. The van der Waals surface area contributed by atoms with E-state index in [0.717, 1.165) is 12.1 Å². The Morgan fingerprint density at radius 2 is 1.94 bits per heavy atom. The first-order chi connectivity index (χ1) is 8.68. The molecule has 0 aromatic carbocycles. The van der Waals surface area contributed by atoms with Crippen LogP contribution in [0, 0.1) is 13.8 Å². The average Bonchev–Trinajstić information content (AvgIpc) is 2.27. The van der Waals surface area contributed by atoms with Crippen LogP contribution in [0.4, 0.5) is 0 Å². The maximum Gasteiger partial charge on any atom is 0.0688 e. The number of nitrogens with two attached hydrogens (primary N) is 1. The van der Waals surface area contributed by atoms with Crippen molar-refractivity contribution in [3.63, 3.8) is 0 Å². The van der Waals surface area contributed by atoms with Gasteiger partial charge < -0.3 is 5.73 Å². The highest BCUT2D eigenvalue weighted by atomic mass is 14.8. The second-order valence-corrected chi connectivity index (χ2v) is 5.42. The van der Waals surface area contributed by atoms with Gasteiger partial charge in [0.2, 0.25) is 0 Å². The Labute approximate surface area is 110 Å². The molecule has 1 unspecified atom stereocenters. The minimum atomic E-state index is -0.0105. The Hall–Kier alpha value is -1.15. The molecule has 2 N–H and O–H groups in total. The molecule has 1 aliphatic carbocycles. The summed E-state index contributed by atoms with van der Waals surface area (Å²) >= 11 is 0. The molecular formula is C16H24N2. The fraction of sp³-hybridized carbons (Fsp3) is 0.562. The van der Waals surface area contributed by atoms with E-state index in [1.165, 1.54) is 48.8 Å². The van der Waals surface area contributed by atoms with Crippen LogP contribution in [0.5, 0.6) is 0 Å². The van der Waals surface area contributed by atoms with Gasteiger partial charge in [-0.1, -0.05) is 30.6 Å². The van der Waals surface area contributed by atoms with E-state index in [2.05, 4.69) is 31.0 Å². The number of pyridine rings is 1. The summed E-state index contributed by atoms with van der Waals surface area (Å²) in [7, 11) is 0. The van der Waals surface area contributed by atoms with E-state index >= 15 is 0 Å². The van der Waals surface area contributed by atoms with Crippen LogP contribution in [0.15, 0.2) is 23.9 Å². The molecule has 0 amide bonds. The predicted octanol–water partition coefficient (Wildman–Crippen LogP) is 3.98. The third-order valence-electron chi connectivity index (χ3n) is 3.78. The fourth-order valence-corrected chi connectivity index (χ4v) is 2.73. The molecule has 0 saturated heterocycles. The molecule has 0 saturated carbocycles. The SMILES string of the molecule is Cc1cnc(C(N)C2=CCCCCCC2)c(C)c1. The molecule has 0 bridgehead atoms. The van der Waals surface area contributed by atoms with Crippen molar-refractivity contribution in [2.75, 3.05) is 0 Å². The highest BCUT2D eigenvalue weighted by Crippen LogP contribution is 2.27. The Morgan fingerprint density at radius 1 is 1.17 bits per heavy atom. The topological polar surface area (TPSA) is 38.9 Å². The van der Waals surface area contributed by atoms with Crippen molar-refractivity contribution < 1.29 is 0 Å². The number of aryl methyl sites for hydroxylation is 2. The van der Waals surface area contributed by atoms with Gasteiger partial charge >= 0.3 is 0 Å². The summed E-state index contributed by atoms with van der Waals surface area (Å²) in [4.78, 5) is 4.54. The Balaban J connectivity index is 2.20. The van der Waals surface area contributed by atoms with Crippen LogP contribution in [0.25, 0.3) is 0 Å². The molecule has 1 heterocycles. The highest BCUT2D eigenvalue weighted by molar-refractivity contribution is 5.31. The molecule has 0 fully saturated rings. The van der Waals surface area contributed by atoms with Crippen molar-refractivity contribution in [1.82, 2.24) is 4.98 Å². The number of hydrogen-bond donors (Lipinski definition) is 1. The maximum absolute atomic E-state index is 6.41. The molecule has 98 valence electrons. The number of hydrogen-bond acceptors (Lipinski definition) is 2. The molecule has 18 heavy (non-hydrogen) atoms. The maximum atomic E-state index is 6.41. The first kappa shape index (κ1) is 13.3. The standard InChI is InChI=1S/C16H24N2/c1-12-10-13(2)16(18-11-12)15(17)14-8-6-4-3-5-7-9-14/h8,10-11,15H,3-7,9,17H2,1-2H3. The van der Waals surface area contributed by atoms with Gasteiger partial charge in [-0.3, -0.25) is 4.98 Å². The van der Waals surface area contributed by atoms with Gasteiger partial charge in [-0.2, -0.15) is 0 Å². The van der Waals surface area contributed by atoms with Gasteiger partial charge in [0.15, 0.2) is 0 Å². The van der Waals surface area contributed by atoms with Gasteiger partial charge in [0.1, 0.15) is 0 Å². The number of nitrogens with zero attached hydrogens (tertiary/aromatic N) is 1. The average molecular weight is 244 g/mol. The normalized spacial score (nSPS) is 18.7. The van der Waals surface area contributed by atoms with E-state index < -0.39 is 0 Å². The summed E-state index contributed by atoms with van der Waals surface area (Å²) in [5.74, 6) is 0. The second-order valence-electron chi connectivity index (χ2n) is 5.42. The molecule has 2 nitrogen and oxygen atoms in total. The lowest BCUT2D eigenvalue weighted by atomic mass is 9.92.